The van der Waals surface area contributed by atoms with Crippen LogP contribution in [0.3, 0.4) is 0 Å². The molecule has 4 heterocycles. The summed E-state index contributed by atoms with van der Waals surface area (Å²) in [5, 5.41) is 7.03. The minimum absolute atomic E-state index is 0.0724. The summed E-state index contributed by atoms with van der Waals surface area (Å²) in [6, 6.07) is 61.5. The van der Waals surface area contributed by atoms with Crippen molar-refractivity contribution in [3.05, 3.63) is 170 Å². The van der Waals surface area contributed by atoms with Crippen LogP contribution in [0, 0.1) is 0 Å². The highest BCUT2D eigenvalue weighted by Crippen LogP contribution is 2.40. The van der Waals surface area contributed by atoms with Crippen molar-refractivity contribution in [1.29, 1.82) is 0 Å². The van der Waals surface area contributed by atoms with Crippen molar-refractivity contribution in [3.63, 3.8) is 0 Å². The standard InChI is InChI=1S/C48H28BNO2/c1-2-12-30(13-3-1)50-43-19-9-6-16-33(43)38-24-29(22-23-44(38)50)49-41-25-39-34-17-7-10-20-45(34)51-47(39)27-36(41)31-14-4-5-15-32(31)37-28-48-40(26-42(37)49)35-18-8-11-21-46(35)52-48/h1-28H. The van der Waals surface area contributed by atoms with Crippen LogP contribution < -0.4 is 16.4 Å². The quantitative estimate of drug-likeness (QED) is 0.173. The van der Waals surface area contributed by atoms with E-state index in [0.29, 0.717) is 0 Å². The molecule has 0 saturated heterocycles. The lowest BCUT2D eigenvalue weighted by Gasteiger charge is -2.19. The largest absolute Gasteiger partial charge is 0.456 e. The molecule has 3 nitrogen and oxygen atoms in total. The first-order valence-corrected chi connectivity index (χ1v) is 17.9. The number of benzene rings is 8. The zero-order chi connectivity index (χ0) is 33.9. The summed E-state index contributed by atoms with van der Waals surface area (Å²) in [6.07, 6.45) is 0. The van der Waals surface area contributed by atoms with Crippen molar-refractivity contribution in [2.24, 2.45) is 0 Å². The van der Waals surface area contributed by atoms with Crippen molar-refractivity contribution in [2.75, 3.05) is 0 Å². The fraction of sp³-hybridized carbons (Fsp3) is 0. The molecule has 1 aliphatic rings. The van der Waals surface area contributed by atoms with Crippen LogP contribution in [-0.2, 0) is 0 Å². The molecule has 0 bridgehead atoms. The first-order valence-electron chi connectivity index (χ1n) is 17.9. The van der Waals surface area contributed by atoms with E-state index in [-0.39, 0.29) is 6.71 Å². The van der Waals surface area contributed by atoms with E-state index in [1.807, 2.05) is 12.1 Å². The molecule has 0 amide bonds. The summed E-state index contributed by atoms with van der Waals surface area (Å²) < 4.78 is 15.4. The molecule has 0 spiro atoms. The number of fused-ring (bicyclic) bond motifs is 14. The highest BCUT2D eigenvalue weighted by Gasteiger charge is 2.34. The highest BCUT2D eigenvalue weighted by atomic mass is 16.3. The smallest absolute Gasteiger partial charge is 0.242 e. The molecule has 0 fully saturated rings. The van der Waals surface area contributed by atoms with Crippen molar-refractivity contribution >= 4 is 88.8 Å². The Morgan fingerprint density at radius 3 is 1.50 bits per heavy atom. The fourth-order valence-electron chi connectivity index (χ4n) is 9.03. The first-order chi connectivity index (χ1) is 25.8. The molecule has 0 saturated carbocycles. The van der Waals surface area contributed by atoms with Gasteiger partial charge >= 0.3 is 0 Å². The summed E-state index contributed by atoms with van der Waals surface area (Å²) in [7, 11) is 0. The third-order valence-electron chi connectivity index (χ3n) is 11.3. The summed E-state index contributed by atoms with van der Waals surface area (Å²) in [5.74, 6) is 0. The SMILES string of the molecule is c1ccc(-n2c3ccccc3c3cc(B4c5cc6c(cc5-c5ccccc5-c5cc7oc8ccccc8c7cc54)oc4ccccc46)ccc32)cc1. The lowest BCUT2D eigenvalue weighted by Crippen LogP contribution is -2.52. The van der Waals surface area contributed by atoms with E-state index in [9.17, 15) is 0 Å². The highest BCUT2D eigenvalue weighted by molar-refractivity contribution is 6.97. The fourth-order valence-corrected chi connectivity index (χ4v) is 9.03. The molecule has 52 heavy (non-hydrogen) atoms. The van der Waals surface area contributed by atoms with Crippen molar-refractivity contribution < 1.29 is 8.83 Å². The molecule has 0 atom stereocenters. The predicted molar refractivity (Wildman–Crippen MR) is 217 cm³/mol. The summed E-state index contributed by atoms with van der Waals surface area (Å²) >= 11 is 0. The van der Waals surface area contributed by atoms with Gasteiger partial charge in [-0.1, -0.05) is 138 Å². The average Bonchev–Trinajstić information content (AvgIpc) is 3.84. The van der Waals surface area contributed by atoms with E-state index in [1.165, 1.54) is 60.4 Å². The van der Waals surface area contributed by atoms with Crippen LogP contribution in [-0.4, -0.2) is 11.3 Å². The number of nitrogens with zero attached hydrogens (tertiary/aromatic N) is 1. The Morgan fingerprint density at radius 1 is 0.346 bits per heavy atom. The summed E-state index contributed by atoms with van der Waals surface area (Å²) in [4.78, 5) is 0. The van der Waals surface area contributed by atoms with Gasteiger partial charge in [0.25, 0.3) is 0 Å². The molecule has 3 aromatic heterocycles. The molecule has 0 radical (unpaired) electrons. The number of aromatic nitrogens is 1. The maximum atomic E-state index is 6.52. The Kier molecular flexibility index (Phi) is 5.58. The lowest BCUT2D eigenvalue weighted by atomic mass is 9.35. The molecule has 4 heteroatoms. The number of hydrogen-bond donors (Lipinski definition) is 0. The van der Waals surface area contributed by atoms with Gasteiger partial charge < -0.3 is 13.4 Å². The molecule has 0 aliphatic carbocycles. The van der Waals surface area contributed by atoms with Gasteiger partial charge in [0.15, 0.2) is 0 Å². The van der Waals surface area contributed by atoms with Gasteiger partial charge in [0, 0.05) is 38.0 Å². The second-order valence-electron chi connectivity index (χ2n) is 14.0. The number of furan rings is 2. The van der Waals surface area contributed by atoms with Crippen LogP contribution in [0.5, 0.6) is 0 Å². The third kappa shape index (κ3) is 3.81. The van der Waals surface area contributed by atoms with Crippen LogP contribution in [0.1, 0.15) is 0 Å². The van der Waals surface area contributed by atoms with E-state index in [4.69, 9.17) is 8.83 Å². The van der Waals surface area contributed by atoms with E-state index in [2.05, 4.69) is 162 Å². The van der Waals surface area contributed by atoms with Gasteiger partial charge in [-0.25, -0.2) is 0 Å². The van der Waals surface area contributed by atoms with Gasteiger partial charge in [-0.05, 0) is 70.8 Å². The number of para-hydroxylation sites is 4. The topological polar surface area (TPSA) is 31.2 Å². The molecule has 240 valence electrons. The van der Waals surface area contributed by atoms with Gasteiger partial charge in [0.05, 0.1) is 11.0 Å². The van der Waals surface area contributed by atoms with E-state index >= 15 is 0 Å². The van der Waals surface area contributed by atoms with Crippen LogP contribution in [0.15, 0.2) is 179 Å². The first kappa shape index (κ1) is 28.0. The van der Waals surface area contributed by atoms with E-state index in [1.54, 1.807) is 0 Å². The van der Waals surface area contributed by atoms with Crippen molar-refractivity contribution in [2.45, 2.75) is 0 Å². The van der Waals surface area contributed by atoms with Crippen LogP contribution in [0.2, 0.25) is 0 Å². The predicted octanol–water partition coefficient (Wildman–Crippen LogP) is 10.7. The maximum absolute atomic E-state index is 6.52. The van der Waals surface area contributed by atoms with E-state index < -0.39 is 0 Å². The van der Waals surface area contributed by atoms with Crippen LogP contribution in [0.25, 0.3) is 93.6 Å². The molecule has 12 rings (SSSR count). The molecule has 11 aromatic rings. The van der Waals surface area contributed by atoms with Gasteiger partial charge in [0.1, 0.15) is 22.3 Å². The minimum Gasteiger partial charge on any atom is -0.456 e. The van der Waals surface area contributed by atoms with Gasteiger partial charge in [-0.2, -0.15) is 0 Å². The van der Waals surface area contributed by atoms with Crippen LogP contribution >= 0.6 is 0 Å². The summed E-state index contributed by atoms with van der Waals surface area (Å²) in [6.45, 7) is -0.0724. The molecule has 1 aliphatic heterocycles. The maximum Gasteiger partial charge on any atom is 0.242 e. The second kappa shape index (κ2) is 10.4. The number of rotatable bonds is 2. The molecular weight excluding hydrogens is 633 g/mol. The monoisotopic (exact) mass is 661 g/mol. The number of hydrogen-bond acceptors (Lipinski definition) is 2. The van der Waals surface area contributed by atoms with Gasteiger partial charge in [0.2, 0.25) is 6.71 Å². The molecule has 8 aromatic carbocycles. The molecular formula is C48H28BNO2. The van der Waals surface area contributed by atoms with Gasteiger partial charge in [-0.3, -0.25) is 0 Å². The van der Waals surface area contributed by atoms with E-state index in [0.717, 1.165) is 49.6 Å². The summed E-state index contributed by atoms with van der Waals surface area (Å²) in [5.41, 5.74) is 15.7. The Balaban J connectivity index is 1.23. The average molecular weight is 662 g/mol. The molecule has 0 N–H and O–H groups in total. The zero-order valence-electron chi connectivity index (χ0n) is 28.0. The van der Waals surface area contributed by atoms with Crippen LogP contribution in [0.4, 0.5) is 0 Å². The zero-order valence-corrected chi connectivity index (χ0v) is 28.0. The minimum atomic E-state index is -0.0724. The lowest BCUT2D eigenvalue weighted by molar-refractivity contribution is 0.668. The Bertz CT molecular complexity index is 3110. The van der Waals surface area contributed by atoms with Crippen molar-refractivity contribution in [1.82, 2.24) is 4.57 Å². The van der Waals surface area contributed by atoms with Gasteiger partial charge in [-0.15, -0.1) is 0 Å². The Labute approximate surface area is 299 Å². The normalized spacial score (nSPS) is 12.6. The second-order valence-corrected chi connectivity index (χ2v) is 14.0. The Morgan fingerprint density at radius 2 is 0.865 bits per heavy atom. The third-order valence-corrected chi connectivity index (χ3v) is 11.3. The van der Waals surface area contributed by atoms with Crippen molar-refractivity contribution in [3.8, 4) is 27.9 Å². The molecule has 0 unspecified atom stereocenters. The Hall–Kier alpha value is -6.78.